The van der Waals surface area contributed by atoms with Crippen LogP contribution in [0.2, 0.25) is 0 Å². The highest BCUT2D eigenvalue weighted by atomic mass is 19.4. The lowest BCUT2D eigenvalue weighted by Crippen LogP contribution is -2.65. The molecule has 8 heteroatoms. The molecule has 1 fully saturated rings. The fraction of sp³-hybridized carbons (Fsp3) is 1.00. The maximum Gasteiger partial charge on any atom is 0.422 e. The third kappa shape index (κ3) is 1.44. The van der Waals surface area contributed by atoms with E-state index in [1.54, 1.807) is 0 Å². The average molecular weight is 228 g/mol. The number of halogens is 8. The predicted molar refractivity (Wildman–Crippen MR) is 29.0 cm³/mol. The molecule has 0 amide bonds. The lowest BCUT2D eigenvalue weighted by atomic mass is 9.69. The van der Waals surface area contributed by atoms with Crippen molar-refractivity contribution in [1.82, 2.24) is 0 Å². The molecule has 1 saturated carbocycles. The molecular weight excluding hydrogens is 224 g/mol. The van der Waals surface area contributed by atoms with Gasteiger partial charge in [0.15, 0.2) is 0 Å². The van der Waals surface area contributed by atoms with Crippen molar-refractivity contribution < 1.29 is 35.1 Å². The topological polar surface area (TPSA) is 0 Å². The van der Waals surface area contributed by atoms with Crippen LogP contribution in [-0.4, -0.2) is 23.7 Å². The van der Waals surface area contributed by atoms with Gasteiger partial charge in [-0.05, 0) is 0 Å². The summed E-state index contributed by atoms with van der Waals surface area (Å²) >= 11 is 0. The standard InChI is InChI=1S/C6H4F8/c7-3(5(9,10)11)1-4(8,2-3)6(12,13)14/h1-2H2. The third-order valence-corrected chi connectivity index (χ3v) is 2.14. The Hall–Kier alpha value is -0.560. The van der Waals surface area contributed by atoms with E-state index in [1.807, 2.05) is 0 Å². The summed E-state index contributed by atoms with van der Waals surface area (Å²) in [6, 6.07) is 0. The van der Waals surface area contributed by atoms with Gasteiger partial charge in [0.2, 0.25) is 11.3 Å². The largest absolute Gasteiger partial charge is 0.422 e. The van der Waals surface area contributed by atoms with Crippen LogP contribution in [0.5, 0.6) is 0 Å². The van der Waals surface area contributed by atoms with Crippen LogP contribution in [0.25, 0.3) is 0 Å². The van der Waals surface area contributed by atoms with Crippen LogP contribution in [0, 0.1) is 0 Å². The van der Waals surface area contributed by atoms with E-state index in [4.69, 9.17) is 0 Å². The van der Waals surface area contributed by atoms with E-state index in [2.05, 4.69) is 0 Å². The summed E-state index contributed by atoms with van der Waals surface area (Å²) in [5.74, 6) is 0. The molecule has 0 aromatic carbocycles. The molecule has 1 aliphatic rings. The Morgan fingerprint density at radius 3 is 1.00 bits per heavy atom. The SMILES string of the molecule is FC(F)(F)C1(F)CC(F)(C(F)(F)F)C1. The van der Waals surface area contributed by atoms with Crippen molar-refractivity contribution in [2.45, 2.75) is 36.5 Å². The quantitative estimate of drug-likeness (QED) is 0.558. The zero-order valence-electron chi connectivity index (χ0n) is 6.44. The molecule has 0 heterocycles. The highest BCUT2D eigenvalue weighted by Crippen LogP contribution is 2.60. The second kappa shape index (κ2) is 2.52. The van der Waals surface area contributed by atoms with E-state index in [0.717, 1.165) is 0 Å². The van der Waals surface area contributed by atoms with E-state index in [0.29, 0.717) is 0 Å². The van der Waals surface area contributed by atoms with Gasteiger partial charge in [-0.3, -0.25) is 0 Å². The second-order valence-electron chi connectivity index (χ2n) is 3.28. The maximum absolute atomic E-state index is 12.6. The third-order valence-electron chi connectivity index (χ3n) is 2.14. The molecule has 0 radical (unpaired) electrons. The van der Waals surface area contributed by atoms with Gasteiger partial charge in [0, 0.05) is 12.8 Å². The Labute approximate surface area is 72.9 Å². The molecule has 0 N–H and O–H groups in total. The average Bonchev–Trinajstić information content (AvgIpc) is 1.78. The molecule has 1 rings (SSSR count). The fourth-order valence-electron chi connectivity index (χ4n) is 1.24. The lowest BCUT2D eigenvalue weighted by Gasteiger charge is -2.47. The summed E-state index contributed by atoms with van der Waals surface area (Å²) in [6.45, 7) is 0. The first kappa shape index (κ1) is 11.5. The van der Waals surface area contributed by atoms with Crippen molar-refractivity contribution in [2.24, 2.45) is 0 Å². The molecule has 0 aromatic heterocycles. The van der Waals surface area contributed by atoms with Crippen molar-refractivity contribution in [3.8, 4) is 0 Å². The molecule has 0 aromatic rings. The van der Waals surface area contributed by atoms with Gasteiger partial charge < -0.3 is 0 Å². The van der Waals surface area contributed by atoms with Crippen LogP contribution >= 0.6 is 0 Å². The Morgan fingerprint density at radius 2 is 0.857 bits per heavy atom. The van der Waals surface area contributed by atoms with Gasteiger partial charge in [0.05, 0.1) is 0 Å². The minimum Gasteiger partial charge on any atom is -0.234 e. The first-order valence-electron chi connectivity index (χ1n) is 3.43. The van der Waals surface area contributed by atoms with Crippen LogP contribution in [0.3, 0.4) is 0 Å². The summed E-state index contributed by atoms with van der Waals surface area (Å²) < 4.78 is 95.4. The molecule has 84 valence electrons. The second-order valence-corrected chi connectivity index (χ2v) is 3.28. The smallest absolute Gasteiger partial charge is 0.234 e. The van der Waals surface area contributed by atoms with Crippen molar-refractivity contribution in [1.29, 1.82) is 0 Å². The molecule has 0 unspecified atom stereocenters. The zero-order valence-corrected chi connectivity index (χ0v) is 6.44. The highest BCUT2D eigenvalue weighted by molar-refractivity contribution is 5.12. The van der Waals surface area contributed by atoms with E-state index >= 15 is 0 Å². The minimum atomic E-state index is -5.45. The molecular formula is C6H4F8. The van der Waals surface area contributed by atoms with Gasteiger partial charge in [0.25, 0.3) is 0 Å². The van der Waals surface area contributed by atoms with Gasteiger partial charge in [-0.15, -0.1) is 0 Å². The maximum atomic E-state index is 12.6. The number of alkyl halides is 8. The fourth-order valence-corrected chi connectivity index (χ4v) is 1.24. The van der Waals surface area contributed by atoms with E-state index in [1.165, 1.54) is 0 Å². The summed E-state index contributed by atoms with van der Waals surface area (Å²) in [4.78, 5) is 0. The number of hydrogen-bond acceptors (Lipinski definition) is 0. The molecule has 0 spiro atoms. The summed E-state index contributed by atoms with van der Waals surface area (Å²) in [7, 11) is 0. The molecule has 0 nitrogen and oxygen atoms in total. The van der Waals surface area contributed by atoms with Crippen LogP contribution in [0.1, 0.15) is 12.8 Å². The lowest BCUT2D eigenvalue weighted by molar-refractivity contribution is -0.345. The van der Waals surface area contributed by atoms with Gasteiger partial charge in [-0.2, -0.15) is 26.3 Å². The van der Waals surface area contributed by atoms with Crippen LogP contribution in [0.4, 0.5) is 35.1 Å². The van der Waals surface area contributed by atoms with E-state index in [9.17, 15) is 35.1 Å². The molecule has 0 aliphatic heterocycles. The Balaban J connectivity index is 2.76. The summed E-state index contributed by atoms with van der Waals surface area (Å²) in [5, 5.41) is 0. The molecule has 14 heavy (non-hydrogen) atoms. The van der Waals surface area contributed by atoms with Crippen LogP contribution in [-0.2, 0) is 0 Å². The van der Waals surface area contributed by atoms with E-state index < -0.39 is 36.5 Å². The summed E-state index contributed by atoms with van der Waals surface area (Å²) in [6.07, 6.45) is -15.3. The van der Waals surface area contributed by atoms with Gasteiger partial charge >= 0.3 is 12.4 Å². The van der Waals surface area contributed by atoms with Crippen molar-refractivity contribution in [2.75, 3.05) is 0 Å². The Morgan fingerprint density at radius 1 is 0.643 bits per heavy atom. The molecule has 0 atom stereocenters. The monoisotopic (exact) mass is 228 g/mol. The Bertz CT molecular complexity index is 205. The van der Waals surface area contributed by atoms with Gasteiger partial charge in [-0.1, -0.05) is 0 Å². The number of hydrogen-bond donors (Lipinski definition) is 0. The molecule has 0 saturated heterocycles. The zero-order chi connectivity index (χ0) is 11.4. The van der Waals surface area contributed by atoms with Gasteiger partial charge in [-0.25, -0.2) is 8.78 Å². The first-order valence-corrected chi connectivity index (χ1v) is 3.43. The van der Waals surface area contributed by atoms with Crippen molar-refractivity contribution in [3.63, 3.8) is 0 Å². The summed E-state index contributed by atoms with van der Waals surface area (Å²) in [5.41, 5.74) is -8.09. The van der Waals surface area contributed by atoms with Crippen molar-refractivity contribution >= 4 is 0 Å². The van der Waals surface area contributed by atoms with Crippen LogP contribution < -0.4 is 0 Å². The Kier molecular flexibility index (Phi) is 2.07. The van der Waals surface area contributed by atoms with E-state index in [-0.39, 0.29) is 0 Å². The highest BCUT2D eigenvalue weighted by Gasteiger charge is 2.77. The predicted octanol–water partition coefficient (Wildman–Crippen LogP) is 3.32. The van der Waals surface area contributed by atoms with Crippen LogP contribution in [0.15, 0.2) is 0 Å². The number of rotatable bonds is 0. The van der Waals surface area contributed by atoms with Crippen molar-refractivity contribution in [3.05, 3.63) is 0 Å². The molecule has 1 aliphatic carbocycles. The molecule has 0 bridgehead atoms. The normalized spacial score (nSPS) is 39.4. The minimum absolute atomic E-state index is 2.20. The first-order chi connectivity index (χ1) is 5.91. The van der Waals surface area contributed by atoms with Gasteiger partial charge in [0.1, 0.15) is 0 Å².